The zero-order valence-electron chi connectivity index (χ0n) is 12.8. The van der Waals surface area contributed by atoms with Crippen molar-refractivity contribution >= 4 is 0 Å². The summed E-state index contributed by atoms with van der Waals surface area (Å²) in [4.78, 5) is 1.52. The highest BCUT2D eigenvalue weighted by Gasteiger charge is 2.41. The molecule has 1 unspecified atom stereocenters. The van der Waals surface area contributed by atoms with E-state index in [-0.39, 0.29) is 6.04 Å². The first-order valence-electron chi connectivity index (χ1n) is 7.42. The molecule has 16 heavy (non-hydrogen) atoms. The molecule has 1 saturated carbocycles. The summed E-state index contributed by atoms with van der Waals surface area (Å²) < 4.78 is 23.1. The van der Waals surface area contributed by atoms with Crippen LogP contribution < -0.4 is 5.73 Å². The number of likely N-dealkylation sites (N-methyl/N-ethyl adjacent to an activating group) is 1. The fourth-order valence-corrected chi connectivity index (χ4v) is 2.81. The average Bonchev–Trinajstić information content (AvgIpc) is 2.87. The van der Waals surface area contributed by atoms with Crippen LogP contribution in [0.5, 0.6) is 0 Å². The van der Waals surface area contributed by atoms with Gasteiger partial charge in [0.1, 0.15) is 0 Å². The van der Waals surface area contributed by atoms with Crippen LogP contribution in [-0.4, -0.2) is 24.5 Å². The van der Waals surface area contributed by atoms with Crippen molar-refractivity contribution in [2.75, 3.05) is 14.0 Å². The third-order valence-electron chi connectivity index (χ3n) is 3.87. The number of hydrogen-bond acceptors (Lipinski definition) is 2. The molecule has 0 saturated heterocycles. The number of rotatable bonds is 3. The lowest BCUT2D eigenvalue weighted by molar-refractivity contribution is 0.123. The standard InChI is InChI=1S/C14H22N2/c1-16(2)14(10-6-7-11-14)13(15)12-8-4-3-5-9-12/h3-5,8-9,13H,6-7,10-11,15H2,1-2H3/i1D3. The van der Waals surface area contributed by atoms with Crippen LogP contribution in [0.15, 0.2) is 30.3 Å². The second-order valence-electron chi connectivity index (χ2n) is 4.76. The predicted octanol–water partition coefficient (Wildman–Crippen LogP) is 2.56. The zero-order valence-corrected chi connectivity index (χ0v) is 9.82. The first-order chi connectivity index (χ1) is 8.88. The van der Waals surface area contributed by atoms with Crippen molar-refractivity contribution in [1.82, 2.24) is 4.90 Å². The summed E-state index contributed by atoms with van der Waals surface area (Å²) in [6.45, 7) is -2.10. The van der Waals surface area contributed by atoms with E-state index >= 15 is 0 Å². The quantitative estimate of drug-likeness (QED) is 0.850. The molecule has 0 bridgehead atoms. The molecule has 0 heterocycles. The molecule has 1 aromatic rings. The Morgan fingerprint density at radius 1 is 1.31 bits per heavy atom. The van der Waals surface area contributed by atoms with Crippen LogP contribution in [0.3, 0.4) is 0 Å². The summed E-state index contributed by atoms with van der Waals surface area (Å²) >= 11 is 0. The highest BCUT2D eigenvalue weighted by molar-refractivity contribution is 5.23. The highest BCUT2D eigenvalue weighted by atomic mass is 15.2. The Morgan fingerprint density at radius 3 is 2.50 bits per heavy atom. The van der Waals surface area contributed by atoms with Gasteiger partial charge in [-0.25, -0.2) is 0 Å². The molecular formula is C14H22N2. The lowest BCUT2D eigenvalue weighted by Crippen LogP contribution is -2.50. The highest BCUT2D eigenvalue weighted by Crippen LogP contribution is 2.41. The molecule has 0 amide bonds. The Kier molecular flexibility index (Phi) is 2.35. The molecule has 0 spiro atoms. The van der Waals surface area contributed by atoms with Gasteiger partial charge in [0.25, 0.3) is 0 Å². The van der Waals surface area contributed by atoms with E-state index in [0.717, 1.165) is 31.2 Å². The molecule has 0 radical (unpaired) electrons. The molecule has 88 valence electrons. The number of hydrogen-bond donors (Lipinski definition) is 1. The van der Waals surface area contributed by atoms with Crippen LogP contribution in [0.25, 0.3) is 0 Å². The van der Waals surface area contributed by atoms with Crippen LogP contribution in [0.2, 0.25) is 0 Å². The first-order valence-corrected chi connectivity index (χ1v) is 5.92. The van der Waals surface area contributed by atoms with Crippen LogP contribution >= 0.6 is 0 Å². The summed E-state index contributed by atoms with van der Waals surface area (Å²) in [7, 11) is 1.68. The Hall–Kier alpha value is -0.860. The minimum absolute atomic E-state index is 0.262. The molecule has 1 aromatic carbocycles. The van der Waals surface area contributed by atoms with Crippen LogP contribution in [-0.2, 0) is 0 Å². The van der Waals surface area contributed by atoms with Crippen LogP contribution in [0.4, 0.5) is 0 Å². The molecule has 1 aliphatic carbocycles. The van der Waals surface area contributed by atoms with Gasteiger partial charge in [-0.05, 0) is 32.4 Å². The van der Waals surface area contributed by atoms with Crippen molar-refractivity contribution in [2.45, 2.75) is 37.3 Å². The average molecular weight is 221 g/mol. The predicted molar refractivity (Wildman–Crippen MR) is 68.3 cm³/mol. The second-order valence-corrected chi connectivity index (χ2v) is 4.76. The smallest absolute Gasteiger partial charge is 0.0481 e. The Balaban J connectivity index is 2.35. The van der Waals surface area contributed by atoms with Crippen molar-refractivity contribution in [2.24, 2.45) is 5.73 Å². The van der Waals surface area contributed by atoms with E-state index in [1.807, 2.05) is 30.3 Å². The van der Waals surface area contributed by atoms with E-state index in [1.165, 1.54) is 4.90 Å². The topological polar surface area (TPSA) is 29.3 Å². The SMILES string of the molecule is [2H]C([2H])([2H])N(C)C1(C(N)c2ccccc2)CCCC1. The molecule has 2 N–H and O–H groups in total. The molecular weight excluding hydrogens is 196 g/mol. The fourth-order valence-electron chi connectivity index (χ4n) is 2.81. The third kappa shape index (κ3) is 1.87. The molecule has 1 aliphatic rings. The zero-order chi connectivity index (χ0) is 14.1. The van der Waals surface area contributed by atoms with Gasteiger partial charge in [0.05, 0.1) is 0 Å². The van der Waals surface area contributed by atoms with Gasteiger partial charge in [-0.2, -0.15) is 0 Å². The number of nitrogens with two attached hydrogens (primary N) is 1. The third-order valence-corrected chi connectivity index (χ3v) is 3.87. The minimum Gasteiger partial charge on any atom is -0.322 e. The van der Waals surface area contributed by atoms with Crippen LogP contribution in [0.1, 0.15) is 41.4 Å². The van der Waals surface area contributed by atoms with E-state index in [4.69, 9.17) is 9.85 Å². The Bertz CT molecular complexity index is 410. The largest absolute Gasteiger partial charge is 0.322 e. The summed E-state index contributed by atoms with van der Waals surface area (Å²) in [5.74, 6) is 0. The lowest BCUT2D eigenvalue weighted by atomic mass is 9.83. The molecule has 2 heteroatoms. The Morgan fingerprint density at radius 2 is 1.94 bits per heavy atom. The van der Waals surface area contributed by atoms with Crippen molar-refractivity contribution in [1.29, 1.82) is 0 Å². The maximum atomic E-state index is 7.69. The molecule has 0 aromatic heterocycles. The van der Waals surface area contributed by atoms with Crippen LogP contribution in [0, 0.1) is 0 Å². The van der Waals surface area contributed by atoms with E-state index in [9.17, 15) is 0 Å². The lowest BCUT2D eigenvalue weighted by Gasteiger charge is -2.41. The van der Waals surface area contributed by atoms with Gasteiger partial charge in [-0.1, -0.05) is 43.2 Å². The van der Waals surface area contributed by atoms with Crippen molar-refractivity contribution in [3.8, 4) is 0 Å². The fraction of sp³-hybridized carbons (Fsp3) is 0.571. The maximum Gasteiger partial charge on any atom is 0.0481 e. The molecule has 2 rings (SSSR count). The van der Waals surface area contributed by atoms with E-state index in [2.05, 4.69) is 0 Å². The number of nitrogens with zero attached hydrogens (tertiary/aromatic N) is 1. The van der Waals surface area contributed by atoms with E-state index in [1.54, 1.807) is 7.05 Å². The second kappa shape index (κ2) is 4.56. The monoisotopic (exact) mass is 221 g/mol. The minimum atomic E-state index is -2.10. The van der Waals surface area contributed by atoms with E-state index in [0.29, 0.717) is 0 Å². The van der Waals surface area contributed by atoms with Gasteiger partial charge in [0, 0.05) is 15.7 Å². The molecule has 2 nitrogen and oxygen atoms in total. The van der Waals surface area contributed by atoms with Crippen molar-refractivity contribution in [3.05, 3.63) is 35.9 Å². The summed E-state index contributed by atoms with van der Waals surface area (Å²) in [6.07, 6.45) is 3.78. The first kappa shape index (κ1) is 8.26. The molecule has 1 atom stereocenters. The van der Waals surface area contributed by atoms with Gasteiger partial charge < -0.3 is 10.6 Å². The summed E-state index contributed by atoms with van der Waals surface area (Å²) in [5, 5.41) is 0. The molecule has 1 fully saturated rings. The Labute approximate surface area is 103 Å². The number of benzene rings is 1. The van der Waals surface area contributed by atoms with Gasteiger partial charge in [0.15, 0.2) is 0 Å². The van der Waals surface area contributed by atoms with Gasteiger partial charge in [-0.15, -0.1) is 0 Å². The molecule has 0 aliphatic heterocycles. The maximum absolute atomic E-state index is 7.69. The van der Waals surface area contributed by atoms with Gasteiger partial charge in [0.2, 0.25) is 0 Å². The summed E-state index contributed by atoms with van der Waals surface area (Å²) in [5.41, 5.74) is 7.00. The van der Waals surface area contributed by atoms with Gasteiger partial charge in [-0.3, -0.25) is 0 Å². The van der Waals surface area contributed by atoms with Crippen molar-refractivity contribution in [3.63, 3.8) is 0 Å². The van der Waals surface area contributed by atoms with Gasteiger partial charge >= 0.3 is 0 Å². The van der Waals surface area contributed by atoms with Crippen molar-refractivity contribution < 1.29 is 4.11 Å². The summed E-state index contributed by atoms with van der Waals surface area (Å²) in [6, 6.07) is 9.56. The van der Waals surface area contributed by atoms with E-state index < -0.39 is 12.5 Å². The normalized spacial score (nSPS) is 24.8.